The van der Waals surface area contributed by atoms with Crippen LogP contribution in [0.5, 0.6) is 0 Å². The fourth-order valence-electron chi connectivity index (χ4n) is 0. The zero-order valence-electron chi connectivity index (χ0n) is 4.92. The summed E-state index contributed by atoms with van der Waals surface area (Å²) in [5, 5.41) is 7.42. The third-order valence-electron chi connectivity index (χ3n) is 0.142. The first-order valence-electron chi connectivity index (χ1n) is 1.96. The largest absolute Gasteiger partial charge is 0.481 e. The number of urea groups is 1. The lowest BCUT2D eigenvalue weighted by molar-refractivity contribution is -0.134. The van der Waals surface area contributed by atoms with Crippen molar-refractivity contribution in [1.29, 1.82) is 0 Å². The molecule has 0 atom stereocenters. The van der Waals surface area contributed by atoms with Crippen LogP contribution in [0.4, 0.5) is 4.79 Å². The summed E-state index contributed by atoms with van der Waals surface area (Å²) < 4.78 is 0. The van der Waals surface area contributed by atoms with Crippen LogP contribution in [0.25, 0.3) is 0 Å². The van der Waals surface area contributed by atoms with Gasteiger partial charge in [0.05, 0.1) is 0 Å². The predicted molar refractivity (Wildman–Crippen MR) is 30.2 cm³/mol. The standard InChI is InChI=1S/C2H4O2.CH5N3O/c1-2(3)4;2-1(5)4-3/h1H3,(H,3,4);3H2,(H3,2,4,5). The maximum absolute atomic E-state index is 9.35. The van der Waals surface area contributed by atoms with Gasteiger partial charge < -0.3 is 10.8 Å². The average Bonchev–Trinajstić information content (AvgIpc) is 1.65. The molecule has 0 bridgehead atoms. The fourth-order valence-corrected chi connectivity index (χ4v) is 0. The molecule has 0 saturated heterocycles. The summed E-state index contributed by atoms with van der Waals surface area (Å²) in [5.74, 6) is 3.61. The van der Waals surface area contributed by atoms with Crippen molar-refractivity contribution in [3.63, 3.8) is 0 Å². The first-order chi connectivity index (χ1) is 4.00. The van der Waals surface area contributed by atoms with Crippen LogP contribution in [0.3, 0.4) is 0 Å². The van der Waals surface area contributed by atoms with E-state index in [2.05, 4.69) is 11.6 Å². The van der Waals surface area contributed by atoms with Gasteiger partial charge in [0.2, 0.25) is 0 Å². The molecular formula is C3H9N3O3. The van der Waals surface area contributed by atoms with E-state index in [1.165, 1.54) is 0 Å². The summed E-state index contributed by atoms with van der Waals surface area (Å²) in [5.41, 5.74) is 6.08. The first kappa shape index (κ1) is 10.6. The quantitative estimate of drug-likeness (QED) is 0.186. The molecule has 6 heteroatoms. The summed E-state index contributed by atoms with van der Waals surface area (Å²) in [7, 11) is 0. The SMILES string of the molecule is CC(=O)O.NNC(N)=O. The normalized spacial score (nSPS) is 6.44. The third kappa shape index (κ3) is 302. The smallest absolute Gasteiger partial charge is 0.326 e. The highest BCUT2D eigenvalue weighted by atomic mass is 16.4. The number of rotatable bonds is 0. The van der Waals surface area contributed by atoms with Crippen molar-refractivity contribution in [2.45, 2.75) is 6.92 Å². The molecule has 6 N–H and O–H groups in total. The van der Waals surface area contributed by atoms with Crippen LogP contribution in [0.1, 0.15) is 6.92 Å². The Hall–Kier alpha value is -1.30. The number of carbonyl (C=O) groups excluding carboxylic acids is 1. The number of primary amides is 1. The second kappa shape index (κ2) is 6.70. The highest BCUT2D eigenvalue weighted by Crippen LogP contribution is 1.42. The van der Waals surface area contributed by atoms with Crippen LogP contribution in [0.2, 0.25) is 0 Å². The van der Waals surface area contributed by atoms with Crippen molar-refractivity contribution < 1.29 is 14.7 Å². The van der Waals surface area contributed by atoms with Crippen molar-refractivity contribution in [3.8, 4) is 0 Å². The third-order valence-corrected chi connectivity index (χ3v) is 0.142. The average molecular weight is 135 g/mol. The summed E-state index contributed by atoms with van der Waals surface area (Å²) in [6.07, 6.45) is 0. The van der Waals surface area contributed by atoms with E-state index in [0.29, 0.717) is 0 Å². The molecule has 0 fully saturated rings. The Morgan fingerprint density at radius 2 is 1.67 bits per heavy atom. The molecule has 54 valence electrons. The van der Waals surface area contributed by atoms with Crippen LogP contribution in [-0.2, 0) is 4.79 Å². The molecule has 0 aliphatic rings. The molecule has 0 aliphatic carbocycles. The molecule has 9 heavy (non-hydrogen) atoms. The number of carboxylic acid groups (broad SMARTS) is 1. The molecule has 0 saturated carbocycles. The summed E-state index contributed by atoms with van der Waals surface area (Å²) in [6.45, 7) is 1.08. The van der Waals surface area contributed by atoms with E-state index in [1.807, 2.05) is 0 Å². The number of hydrogen-bond donors (Lipinski definition) is 4. The van der Waals surface area contributed by atoms with Crippen LogP contribution in [0, 0.1) is 0 Å². The maximum atomic E-state index is 9.35. The topological polar surface area (TPSA) is 118 Å². The van der Waals surface area contributed by atoms with E-state index in [1.54, 1.807) is 5.43 Å². The highest BCUT2D eigenvalue weighted by molar-refractivity contribution is 5.70. The van der Waals surface area contributed by atoms with Crippen LogP contribution >= 0.6 is 0 Å². The van der Waals surface area contributed by atoms with Gasteiger partial charge in [-0.3, -0.25) is 10.2 Å². The minimum atomic E-state index is -0.833. The van der Waals surface area contributed by atoms with Crippen molar-refractivity contribution >= 4 is 12.0 Å². The van der Waals surface area contributed by atoms with Crippen molar-refractivity contribution in [2.75, 3.05) is 0 Å². The zero-order valence-corrected chi connectivity index (χ0v) is 4.92. The van der Waals surface area contributed by atoms with Gasteiger partial charge >= 0.3 is 6.03 Å². The van der Waals surface area contributed by atoms with Crippen LogP contribution in [0.15, 0.2) is 0 Å². The van der Waals surface area contributed by atoms with Gasteiger partial charge in [-0.05, 0) is 0 Å². The molecule has 2 amide bonds. The molecule has 0 heterocycles. The Morgan fingerprint density at radius 3 is 1.67 bits per heavy atom. The van der Waals surface area contributed by atoms with Gasteiger partial charge in [0, 0.05) is 6.92 Å². The second-order valence-corrected chi connectivity index (χ2v) is 1.03. The lowest BCUT2D eigenvalue weighted by Crippen LogP contribution is -2.34. The number of carboxylic acids is 1. The van der Waals surface area contributed by atoms with Gasteiger partial charge in [0.15, 0.2) is 0 Å². The van der Waals surface area contributed by atoms with Gasteiger partial charge in [-0.1, -0.05) is 0 Å². The second-order valence-electron chi connectivity index (χ2n) is 1.03. The molecule has 0 aliphatic heterocycles. The van der Waals surface area contributed by atoms with E-state index in [-0.39, 0.29) is 0 Å². The molecule has 0 radical (unpaired) electrons. The Balaban J connectivity index is 0. The number of hydrazine groups is 1. The van der Waals surface area contributed by atoms with Crippen LogP contribution in [-0.4, -0.2) is 17.1 Å². The molecule has 0 unspecified atom stereocenters. The molecule has 0 spiro atoms. The number of carbonyl (C=O) groups is 2. The lowest BCUT2D eigenvalue weighted by Gasteiger charge is -1.81. The van der Waals surface area contributed by atoms with Gasteiger partial charge in [-0.15, -0.1) is 0 Å². The molecule has 0 aromatic heterocycles. The number of aliphatic carboxylic acids is 1. The van der Waals surface area contributed by atoms with E-state index in [9.17, 15) is 4.79 Å². The van der Waals surface area contributed by atoms with E-state index < -0.39 is 12.0 Å². The summed E-state index contributed by atoms with van der Waals surface area (Å²) in [6, 6.07) is -0.718. The minimum absolute atomic E-state index is 0.718. The molecule has 0 rings (SSSR count). The minimum Gasteiger partial charge on any atom is -0.481 e. The molecule has 0 aromatic rings. The summed E-state index contributed by atoms with van der Waals surface area (Å²) in [4.78, 5) is 18.4. The van der Waals surface area contributed by atoms with Crippen LogP contribution < -0.4 is 17.0 Å². The Bertz CT molecular complexity index is 98.5. The number of amides is 2. The van der Waals surface area contributed by atoms with Gasteiger partial charge in [-0.2, -0.15) is 0 Å². The fraction of sp³-hybridized carbons (Fsp3) is 0.333. The predicted octanol–water partition coefficient (Wildman–Crippen LogP) is -1.38. The first-order valence-corrected chi connectivity index (χ1v) is 1.96. The van der Waals surface area contributed by atoms with Gasteiger partial charge in [-0.25, -0.2) is 10.6 Å². The van der Waals surface area contributed by atoms with Crippen molar-refractivity contribution in [3.05, 3.63) is 0 Å². The lowest BCUT2D eigenvalue weighted by atomic mass is 10.9. The van der Waals surface area contributed by atoms with E-state index in [0.717, 1.165) is 6.92 Å². The Kier molecular flexibility index (Phi) is 7.92. The maximum Gasteiger partial charge on any atom is 0.326 e. The van der Waals surface area contributed by atoms with Gasteiger partial charge in [0.1, 0.15) is 0 Å². The molecule has 0 aromatic carbocycles. The molecule has 6 nitrogen and oxygen atoms in total. The van der Waals surface area contributed by atoms with Crippen molar-refractivity contribution in [1.82, 2.24) is 5.43 Å². The number of hydrogen-bond acceptors (Lipinski definition) is 3. The number of nitrogens with one attached hydrogen (secondary N) is 1. The molecular weight excluding hydrogens is 126 g/mol. The monoisotopic (exact) mass is 135 g/mol. The Morgan fingerprint density at radius 1 is 1.56 bits per heavy atom. The zero-order chi connectivity index (χ0) is 7.86. The van der Waals surface area contributed by atoms with Gasteiger partial charge in [0.25, 0.3) is 5.97 Å². The number of nitrogens with two attached hydrogens (primary N) is 2. The highest BCUT2D eigenvalue weighted by Gasteiger charge is 1.73. The summed E-state index contributed by atoms with van der Waals surface area (Å²) >= 11 is 0. The van der Waals surface area contributed by atoms with E-state index >= 15 is 0 Å². The van der Waals surface area contributed by atoms with E-state index in [4.69, 9.17) is 9.90 Å². The van der Waals surface area contributed by atoms with Crippen molar-refractivity contribution in [2.24, 2.45) is 11.6 Å². The Labute approximate surface area is 51.8 Å².